The average Bonchev–Trinajstić information content (AvgIpc) is 3.28. The molecular formula is C17H17N3O2S. The predicted octanol–water partition coefficient (Wildman–Crippen LogP) is 3.37. The predicted molar refractivity (Wildman–Crippen MR) is 88.0 cm³/mol. The molecule has 1 aliphatic heterocycles. The fraction of sp³-hybridized carbons (Fsp3) is 0.294. The van der Waals surface area contributed by atoms with Gasteiger partial charge >= 0.3 is 0 Å². The van der Waals surface area contributed by atoms with Crippen molar-refractivity contribution in [2.75, 3.05) is 19.7 Å². The summed E-state index contributed by atoms with van der Waals surface area (Å²) in [5, 5.41) is 8.37. The second-order valence-electron chi connectivity index (χ2n) is 5.55. The van der Waals surface area contributed by atoms with Gasteiger partial charge in [0.25, 0.3) is 5.89 Å². The molecule has 118 valence electrons. The zero-order valence-electron chi connectivity index (χ0n) is 12.6. The van der Waals surface area contributed by atoms with Crippen LogP contribution in [0.3, 0.4) is 0 Å². The lowest BCUT2D eigenvalue weighted by molar-refractivity contribution is -0.0474. The highest BCUT2D eigenvalue weighted by molar-refractivity contribution is 7.07. The zero-order valence-corrected chi connectivity index (χ0v) is 13.4. The zero-order chi connectivity index (χ0) is 15.5. The van der Waals surface area contributed by atoms with Gasteiger partial charge in [-0.05, 0) is 22.4 Å². The van der Waals surface area contributed by atoms with E-state index in [-0.39, 0.29) is 6.10 Å². The molecule has 3 aromatic rings. The molecule has 0 saturated carbocycles. The summed E-state index contributed by atoms with van der Waals surface area (Å²) in [5.41, 5.74) is 2.29. The van der Waals surface area contributed by atoms with Gasteiger partial charge in [-0.15, -0.1) is 0 Å². The third-order valence-corrected chi connectivity index (χ3v) is 4.62. The van der Waals surface area contributed by atoms with Gasteiger partial charge in [-0.2, -0.15) is 16.3 Å². The molecule has 1 fully saturated rings. The first-order valence-electron chi connectivity index (χ1n) is 7.62. The molecule has 1 saturated heterocycles. The van der Waals surface area contributed by atoms with Crippen LogP contribution in [0.1, 0.15) is 17.6 Å². The number of hydrogen-bond donors (Lipinski definition) is 0. The van der Waals surface area contributed by atoms with Crippen molar-refractivity contribution in [2.45, 2.75) is 12.6 Å². The molecule has 1 atom stereocenters. The maximum absolute atomic E-state index is 5.83. The summed E-state index contributed by atoms with van der Waals surface area (Å²) in [7, 11) is 0. The highest BCUT2D eigenvalue weighted by Gasteiger charge is 2.27. The standard InChI is InChI=1S/C17H17N3O2S/c1-2-4-14(5-3-1)16-18-17(22-19-16)15-11-20(7-8-21-15)10-13-6-9-23-12-13/h1-6,9,12,15H,7-8,10-11H2/t15-/m0/s1. The third-order valence-electron chi connectivity index (χ3n) is 3.89. The lowest BCUT2D eigenvalue weighted by Gasteiger charge is -2.30. The number of nitrogens with zero attached hydrogens (tertiary/aromatic N) is 3. The molecule has 3 heterocycles. The van der Waals surface area contributed by atoms with Crippen molar-refractivity contribution in [3.63, 3.8) is 0 Å². The van der Waals surface area contributed by atoms with Crippen LogP contribution in [0.4, 0.5) is 0 Å². The SMILES string of the molecule is c1ccc(-c2noc([C@@H]3CN(Cc4ccsc4)CCO3)n2)cc1. The van der Waals surface area contributed by atoms with Crippen LogP contribution in [0, 0.1) is 0 Å². The number of hydrogen-bond acceptors (Lipinski definition) is 6. The maximum atomic E-state index is 5.83. The number of thiophene rings is 1. The molecule has 1 aliphatic rings. The summed E-state index contributed by atoms with van der Waals surface area (Å²) in [6, 6.07) is 12.0. The van der Waals surface area contributed by atoms with E-state index in [1.807, 2.05) is 30.3 Å². The van der Waals surface area contributed by atoms with Crippen molar-refractivity contribution in [3.05, 3.63) is 58.6 Å². The molecule has 6 heteroatoms. The van der Waals surface area contributed by atoms with Crippen molar-refractivity contribution in [1.29, 1.82) is 0 Å². The van der Waals surface area contributed by atoms with E-state index < -0.39 is 0 Å². The molecule has 5 nitrogen and oxygen atoms in total. The monoisotopic (exact) mass is 327 g/mol. The van der Waals surface area contributed by atoms with E-state index in [1.54, 1.807) is 11.3 Å². The minimum atomic E-state index is -0.160. The van der Waals surface area contributed by atoms with Crippen molar-refractivity contribution < 1.29 is 9.26 Å². The van der Waals surface area contributed by atoms with E-state index in [0.717, 1.165) is 25.2 Å². The lowest BCUT2D eigenvalue weighted by Crippen LogP contribution is -2.37. The van der Waals surface area contributed by atoms with Crippen LogP contribution in [-0.2, 0) is 11.3 Å². The lowest BCUT2D eigenvalue weighted by atomic mass is 10.2. The normalized spacial score (nSPS) is 19.0. The van der Waals surface area contributed by atoms with Gasteiger partial charge in [-0.3, -0.25) is 4.90 Å². The first kappa shape index (κ1) is 14.6. The van der Waals surface area contributed by atoms with E-state index >= 15 is 0 Å². The summed E-state index contributed by atoms with van der Waals surface area (Å²) in [4.78, 5) is 6.87. The van der Waals surface area contributed by atoms with Gasteiger partial charge in [-0.1, -0.05) is 35.5 Å². The van der Waals surface area contributed by atoms with Crippen molar-refractivity contribution >= 4 is 11.3 Å². The molecule has 0 spiro atoms. The Balaban J connectivity index is 1.46. The van der Waals surface area contributed by atoms with E-state index in [0.29, 0.717) is 18.3 Å². The second kappa shape index (κ2) is 6.62. The van der Waals surface area contributed by atoms with Gasteiger partial charge in [0.2, 0.25) is 5.82 Å². The quantitative estimate of drug-likeness (QED) is 0.735. The molecule has 0 bridgehead atoms. The highest BCUT2D eigenvalue weighted by atomic mass is 32.1. The summed E-state index contributed by atoms with van der Waals surface area (Å²) >= 11 is 1.73. The smallest absolute Gasteiger partial charge is 0.257 e. The Hall–Kier alpha value is -2.02. The fourth-order valence-corrected chi connectivity index (χ4v) is 3.37. The molecule has 0 N–H and O–H groups in total. The topological polar surface area (TPSA) is 51.4 Å². The number of aromatic nitrogens is 2. The molecule has 4 rings (SSSR count). The van der Waals surface area contributed by atoms with Gasteiger partial charge in [0, 0.05) is 25.2 Å². The van der Waals surface area contributed by atoms with Gasteiger partial charge < -0.3 is 9.26 Å². The molecule has 0 aliphatic carbocycles. The molecular weight excluding hydrogens is 310 g/mol. The van der Waals surface area contributed by atoms with Crippen molar-refractivity contribution in [1.82, 2.24) is 15.0 Å². The number of rotatable bonds is 4. The minimum Gasteiger partial charge on any atom is -0.366 e. The Kier molecular flexibility index (Phi) is 4.19. The van der Waals surface area contributed by atoms with Crippen LogP contribution in [0.2, 0.25) is 0 Å². The van der Waals surface area contributed by atoms with Gasteiger partial charge in [0.1, 0.15) is 6.10 Å². The Morgan fingerprint density at radius 3 is 2.96 bits per heavy atom. The van der Waals surface area contributed by atoms with Crippen LogP contribution in [0.5, 0.6) is 0 Å². The van der Waals surface area contributed by atoms with E-state index in [9.17, 15) is 0 Å². The van der Waals surface area contributed by atoms with Crippen LogP contribution in [0.15, 0.2) is 51.7 Å². The molecule has 1 aromatic carbocycles. The Labute approximate surface area is 138 Å². The van der Waals surface area contributed by atoms with Crippen LogP contribution < -0.4 is 0 Å². The van der Waals surface area contributed by atoms with E-state index in [1.165, 1.54) is 5.56 Å². The van der Waals surface area contributed by atoms with Crippen LogP contribution in [0.25, 0.3) is 11.4 Å². The summed E-state index contributed by atoms with van der Waals surface area (Å²) in [6.45, 7) is 3.30. The summed E-state index contributed by atoms with van der Waals surface area (Å²) < 4.78 is 11.3. The van der Waals surface area contributed by atoms with Crippen molar-refractivity contribution in [2.24, 2.45) is 0 Å². The summed E-state index contributed by atoms with van der Waals surface area (Å²) in [6.07, 6.45) is -0.160. The number of ether oxygens (including phenoxy) is 1. The number of morpholine rings is 1. The van der Waals surface area contributed by atoms with E-state index in [2.05, 4.69) is 31.9 Å². The summed E-state index contributed by atoms with van der Waals surface area (Å²) in [5.74, 6) is 1.16. The van der Waals surface area contributed by atoms with Gasteiger partial charge in [-0.25, -0.2) is 0 Å². The van der Waals surface area contributed by atoms with Crippen molar-refractivity contribution in [3.8, 4) is 11.4 Å². The Morgan fingerprint density at radius 2 is 2.13 bits per heavy atom. The largest absolute Gasteiger partial charge is 0.366 e. The Morgan fingerprint density at radius 1 is 1.22 bits per heavy atom. The Bertz CT molecular complexity index is 742. The average molecular weight is 327 g/mol. The van der Waals surface area contributed by atoms with Crippen LogP contribution in [-0.4, -0.2) is 34.7 Å². The molecule has 2 aromatic heterocycles. The fourth-order valence-electron chi connectivity index (χ4n) is 2.71. The van der Waals surface area contributed by atoms with Crippen LogP contribution >= 0.6 is 11.3 Å². The van der Waals surface area contributed by atoms with Gasteiger partial charge in [0.15, 0.2) is 0 Å². The first-order valence-corrected chi connectivity index (χ1v) is 8.57. The maximum Gasteiger partial charge on any atom is 0.257 e. The first-order chi connectivity index (χ1) is 11.4. The van der Waals surface area contributed by atoms with E-state index in [4.69, 9.17) is 9.26 Å². The minimum absolute atomic E-state index is 0.160. The number of benzene rings is 1. The highest BCUT2D eigenvalue weighted by Crippen LogP contribution is 2.24. The molecule has 23 heavy (non-hydrogen) atoms. The van der Waals surface area contributed by atoms with Gasteiger partial charge in [0.05, 0.1) is 6.61 Å². The molecule has 0 amide bonds. The third kappa shape index (κ3) is 3.34. The second-order valence-corrected chi connectivity index (χ2v) is 6.33. The molecule has 0 radical (unpaired) electrons. The molecule has 0 unspecified atom stereocenters.